The second-order valence-electron chi connectivity index (χ2n) is 3.38. The van der Waals surface area contributed by atoms with Crippen molar-refractivity contribution in [2.24, 2.45) is 0 Å². The SMILES string of the molecule is N#Cc1ccc(N2CCSCC2)c(Br)c1. The maximum absolute atomic E-state index is 8.78. The van der Waals surface area contributed by atoms with Crippen LogP contribution in [0.15, 0.2) is 22.7 Å². The Bertz CT molecular complexity index is 394. The van der Waals surface area contributed by atoms with Crippen molar-refractivity contribution in [3.8, 4) is 6.07 Å². The molecule has 0 spiro atoms. The number of halogens is 1. The molecule has 0 bridgehead atoms. The fourth-order valence-electron chi connectivity index (χ4n) is 1.64. The summed E-state index contributed by atoms with van der Waals surface area (Å²) in [7, 11) is 0. The summed E-state index contributed by atoms with van der Waals surface area (Å²) in [6, 6.07) is 7.93. The lowest BCUT2D eigenvalue weighted by molar-refractivity contribution is 0.856. The van der Waals surface area contributed by atoms with Crippen LogP contribution in [0.1, 0.15) is 5.56 Å². The maximum Gasteiger partial charge on any atom is 0.0992 e. The number of thioether (sulfide) groups is 1. The molecule has 15 heavy (non-hydrogen) atoms. The van der Waals surface area contributed by atoms with Gasteiger partial charge in [0.05, 0.1) is 17.3 Å². The summed E-state index contributed by atoms with van der Waals surface area (Å²) >= 11 is 5.52. The summed E-state index contributed by atoms with van der Waals surface area (Å²) in [5, 5.41) is 8.78. The minimum atomic E-state index is 0.706. The summed E-state index contributed by atoms with van der Waals surface area (Å²) in [6.07, 6.45) is 0. The monoisotopic (exact) mass is 282 g/mol. The van der Waals surface area contributed by atoms with Gasteiger partial charge in [0.25, 0.3) is 0 Å². The zero-order valence-electron chi connectivity index (χ0n) is 8.24. The Morgan fingerprint density at radius 3 is 2.67 bits per heavy atom. The molecule has 1 saturated heterocycles. The molecule has 1 aromatic carbocycles. The Morgan fingerprint density at radius 2 is 2.07 bits per heavy atom. The first-order chi connectivity index (χ1) is 7.31. The first kappa shape index (κ1) is 10.8. The second kappa shape index (κ2) is 4.91. The van der Waals surface area contributed by atoms with Crippen LogP contribution in [-0.2, 0) is 0 Å². The molecular weight excluding hydrogens is 272 g/mol. The third kappa shape index (κ3) is 2.47. The van der Waals surface area contributed by atoms with Crippen LogP contribution in [0.5, 0.6) is 0 Å². The van der Waals surface area contributed by atoms with Crippen LogP contribution >= 0.6 is 27.7 Å². The van der Waals surface area contributed by atoms with Gasteiger partial charge in [-0.3, -0.25) is 0 Å². The van der Waals surface area contributed by atoms with Gasteiger partial charge in [0.2, 0.25) is 0 Å². The largest absolute Gasteiger partial charge is 0.369 e. The average molecular weight is 283 g/mol. The lowest BCUT2D eigenvalue weighted by Crippen LogP contribution is -2.32. The topological polar surface area (TPSA) is 27.0 Å². The molecule has 1 aliphatic heterocycles. The zero-order valence-corrected chi connectivity index (χ0v) is 10.6. The third-order valence-corrected chi connectivity index (χ3v) is 4.01. The van der Waals surface area contributed by atoms with Crippen molar-refractivity contribution in [1.82, 2.24) is 0 Å². The van der Waals surface area contributed by atoms with Crippen LogP contribution in [0.2, 0.25) is 0 Å². The standard InChI is InChI=1S/C11H11BrN2S/c12-10-7-9(8-13)1-2-11(10)14-3-5-15-6-4-14/h1-2,7H,3-6H2. The van der Waals surface area contributed by atoms with Gasteiger partial charge in [-0.1, -0.05) is 0 Å². The summed E-state index contributed by atoms with van der Waals surface area (Å²) < 4.78 is 1.02. The van der Waals surface area contributed by atoms with Crippen molar-refractivity contribution in [2.75, 3.05) is 29.5 Å². The minimum Gasteiger partial charge on any atom is -0.369 e. The number of nitrogens with zero attached hydrogens (tertiary/aromatic N) is 2. The van der Waals surface area contributed by atoms with Crippen molar-refractivity contribution >= 4 is 33.4 Å². The molecule has 0 radical (unpaired) electrons. The average Bonchev–Trinajstić information content (AvgIpc) is 2.30. The molecule has 2 nitrogen and oxygen atoms in total. The Balaban J connectivity index is 2.24. The predicted octanol–water partition coefficient (Wildman–Crippen LogP) is 2.87. The molecule has 2 rings (SSSR count). The molecule has 1 fully saturated rings. The summed E-state index contributed by atoms with van der Waals surface area (Å²) in [6.45, 7) is 2.18. The van der Waals surface area contributed by atoms with Crippen LogP contribution in [0.25, 0.3) is 0 Å². The van der Waals surface area contributed by atoms with Gasteiger partial charge in [-0.25, -0.2) is 0 Å². The van der Waals surface area contributed by atoms with Gasteiger partial charge in [-0.05, 0) is 34.1 Å². The highest BCUT2D eigenvalue weighted by molar-refractivity contribution is 9.10. The van der Waals surface area contributed by atoms with Crippen LogP contribution in [0.4, 0.5) is 5.69 Å². The number of anilines is 1. The molecule has 0 saturated carbocycles. The molecule has 4 heteroatoms. The Kier molecular flexibility index (Phi) is 3.55. The van der Waals surface area contributed by atoms with E-state index in [1.165, 1.54) is 17.2 Å². The number of hydrogen-bond acceptors (Lipinski definition) is 3. The quantitative estimate of drug-likeness (QED) is 0.793. The number of rotatable bonds is 1. The zero-order chi connectivity index (χ0) is 10.7. The molecular formula is C11H11BrN2S. The van der Waals surface area contributed by atoms with Gasteiger partial charge >= 0.3 is 0 Å². The van der Waals surface area contributed by atoms with Crippen molar-refractivity contribution in [3.05, 3.63) is 28.2 Å². The lowest BCUT2D eigenvalue weighted by Gasteiger charge is -2.29. The van der Waals surface area contributed by atoms with E-state index in [2.05, 4.69) is 26.9 Å². The Labute approximate surface area is 102 Å². The van der Waals surface area contributed by atoms with E-state index >= 15 is 0 Å². The van der Waals surface area contributed by atoms with E-state index in [-0.39, 0.29) is 0 Å². The van der Waals surface area contributed by atoms with E-state index in [1.54, 1.807) is 0 Å². The van der Waals surface area contributed by atoms with Crippen molar-refractivity contribution in [2.45, 2.75) is 0 Å². The molecule has 0 aromatic heterocycles. The van der Waals surface area contributed by atoms with E-state index in [1.807, 2.05) is 30.0 Å². The first-order valence-electron chi connectivity index (χ1n) is 4.83. The smallest absolute Gasteiger partial charge is 0.0992 e. The van der Waals surface area contributed by atoms with Crippen LogP contribution < -0.4 is 4.90 Å². The summed E-state index contributed by atoms with van der Waals surface area (Å²) in [5.74, 6) is 2.37. The maximum atomic E-state index is 8.78. The van der Waals surface area contributed by atoms with E-state index in [0.29, 0.717) is 5.56 Å². The Morgan fingerprint density at radius 1 is 1.33 bits per heavy atom. The van der Waals surface area contributed by atoms with Gasteiger partial charge in [-0.15, -0.1) is 0 Å². The third-order valence-electron chi connectivity index (χ3n) is 2.43. The molecule has 0 N–H and O–H groups in total. The van der Waals surface area contributed by atoms with E-state index in [0.717, 1.165) is 17.6 Å². The summed E-state index contributed by atoms with van der Waals surface area (Å²) in [5.41, 5.74) is 1.91. The highest BCUT2D eigenvalue weighted by Crippen LogP contribution is 2.28. The fraction of sp³-hybridized carbons (Fsp3) is 0.364. The van der Waals surface area contributed by atoms with Crippen molar-refractivity contribution in [3.63, 3.8) is 0 Å². The number of hydrogen-bond donors (Lipinski definition) is 0. The molecule has 0 amide bonds. The van der Waals surface area contributed by atoms with Crippen LogP contribution in [0, 0.1) is 11.3 Å². The van der Waals surface area contributed by atoms with Crippen LogP contribution in [-0.4, -0.2) is 24.6 Å². The van der Waals surface area contributed by atoms with Gasteiger partial charge in [-0.2, -0.15) is 17.0 Å². The second-order valence-corrected chi connectivity index (χ2v) is 5.46. The molecule has 78 valence electrons. The molecule has 0 unspecified atom stereocenters. The van der Waals surface area contributed by atoms with Gasteiger partial charge < -0.3 is 4.90 Å². The van der Waals surface area contributed by atoms with Gasteiger partial charge in [0, 0.05) is 29.1 Å². The molecule has 1 aromatic rings. The highest BCUT2D eigenvalue weighted by Gasteiger charge is 2.13. The van der Waals surface area contributed by atoms with E-state index in [4.69, 9.17) is 5.26 Å². The normalized spacial score (nSPS) is 16.1. The molecule has 0 aliphatic carbocycles. The highest BCUT2D eigenvalue weighted by atomic mass is 79.9. The summed E-state index contributed by atoms with van der Waals surface area (Å²) in [4.78, 5) is 2.36. The predicted molar refractivity (Wildman–Crippen MR) is 68.4 cm³/mol. The molecule has 1 heterocycles. The van der Waals surface area contributed by atoms with E-state index < -0.39 is 0 Å². The Hall–Kier alpha value is -0.660. The van der Waals surface area contributed by atoms with E-state index in [9.17, 15) is 0 Å². The number of benzene rings is 1. The number of nitriles is 1. The molecule has 0 atom stereocenters. The molecule has 1 aliphatic rings. The fourth-order valence-corrected chi connectivity index (χ4v) is 3.17. The van der Waals surface area contributed by atoms with Gasteiger partial charge in [0.1, 0.15) is 0 Å². The first-order valence-corrected chi connectivity index (χ1v) is 6.78. The van der Waals surface area contributed by atoms with Crippen molar-refractivity contribution < 1.29 is 0 Å². The van der Waals surface area contributed by atoms with Crippen molar-refractivity contribution in [1.29, 1.82) is 5.26 Å². The minimum absolute atomic E-state index is 0.706. The van der Waals surface area contributed by atoms with Crippen LogP contribution in [0.3, 0.4) is 0 Å². The van der Waals surface area contributed by atoms with Gasteiger partial charge in [0.15, 0.2) is 0 Å². The lowest BCUT2D eigenvalue weighted by atomic mass is 10.2.